The third kappa shape index (κ3) is 26.4. The molecule has 46 heavy (non-hydrogen) atoms. The second kappa shape index (κ2) is 32.0. The molecule has 1 unspecified atom stereocenters. The molecule has 268 valence electrons. The Bertz CT molecular complexity index is 702. The lowest BCUT2D eigenvalue weighted by molar-refractivity contribution is -0.164. The van der Waals surface area contributed by atoms with Crippen molar-refractivity contribution in [2.45, 2.75) is 206 Å². The van der Waals surface area contributed by atoms with Crippen molar-refractivity contribution in [3.05, 3.63) is 24.3 Å². The van der Waals surface area contributed by atoms with Crippen LogP contribution in [0.2, 0.25) is 0 Å². The Hall–Kier alpha value is -1.62. The minimum absolute atomic E-state index is 0.156. The SMILES string of the molecule is CCCCCCCC/C=C\CCCCCCCC(=O)OC1CN(C)C[C@H]1OC(=O)CCCCCCC/C=C\CCCCCCCC. The Morgan fingerprint density at radius 2 is 0.761 bits per heavy atom. The molecular weight excluding hydrogens is 570 g/mol. The third-order valence-corrected chi connectivity index (χ3v) is 9.25. The second-order valence-corrected chi connectivity index (χ2v) is 13.9. The Labute approximate surface area is 285 Å². The van der Waals surface area contributed by atoms with Gasteiger partial charge in [0.15, 0.2) is 12.2 Å². The third-order valence-electron chi connectivity index (χ3n) is 9.25. The predicted octanol–water partition coefficient (Wildman–Crippen LogP) is 11.8. The largest absolute Gasteiger partial charge is 0.457 e. The van der Waals surface area contributed by atoms with Gasteiger partial charge < -0.3 is 9.47 Å². The number of esters is 2. The summed E-state index contributed by atoms with van der Waals surface area (Å²) in [7, 11) is 1.99. The topological polar surface area (TPSA) is 55.8 Å². The normalized spacial score (nSPS) is 17.0. The fourth-order valence-corrected chi connectivity index (χ4v) is 6.29. The number of likely N-dealkylation sites (tertiary alicyclic amines) is 1. The number of hydrogen-bond acceptors (Lipinski definition) is 5. The number of rotatable bonds is 32. The van der Waals surface area contributed by atoms with E-state index in [9.17, 15) is 9.59 Å². The summed E-state index contributed by atoms with van der Waals surface area (Å²) in [5.41, 5.74) is 0. The molecule has 0 saturated carbocycles. The van der Waals surface area contributed by atoms with Crippen molar-refractivity contribution in [2.24, 2.45) is 0 Å². The smallest absolute Gasteiger partial charge is 0.306 e. The van der Waals surface area contributed by atoms with Crippen molar-refractivity contribution in [1.29, 1.82) is 0 Å². The van der Waals surface area contributed by atoms with Crippen molar-refractivity contribution in [2.75, 3.05) is 20.1 Å². The lowest BCUT2D eigenvalue weighted by Crippen LogP contribution is -2.33. The van der Waals surface area contributed by atoms with Crippen molar-refractivity contribution in [3.63, 3.8) is 0 Å². The average Bonchev–Trinajstić information content (AvgIpc) is 3.38. The first-order chi connectivity index (χ1) is 22.6. The molecule has 1 fully saturated rings. The van der Waals surface area contributed by atoms with Gasteiger partial charge in [-0.25, -0.2) is 0 Å². The lowest BCUT2D eigenvalue weighted by atomic mass is 10.1. The Morgan fingerprint density at radius 1 is 0.478 bits per heavy atom. The van der Waals surface area contributed by atoms with Crippen LogP contribution in [0.15, 0.2) is 24.3 Å². The van der Waals surface area contributed by atoms with Gasteiger partial charge in [0.1, 0.15) is 0 Å². The maximum Gasteiger partial charge on any atom is 0.306 e. The van der Waals surface area contributed by atoms with Gasteiger partial charge in [0, 0.05) is 25.9 Å². The molecule has 5 nitrogen and oxygen atoms in total. The lowest BCUT2D eigenvalue weighted by Gasteiger charge is -2.19. The molecular formula is C41H75NO4. The van der Waals surface area contributed by atoms with E-state index in [4.69, 9.17) is 9.47 Å². The number of allylic oxidation sites excluding steroid dienone is 4. The molecule has 0 amide bonds. The van der Waals surface area contributed by atoms with Crippen LogP contribution < -0.4 is 0 Å². The first kappa shape index (κ1) is 42.4. The number of carbonyl (C=O) groups is 2. The van der Waals surface area contributed by atoms with Crippen molar-refractivity contribution in [1.82, 2.24) is 4.90 Å². The van der Waals surface area contributed by atoms with E-state index < -0.39 is 0 Å². The van der Waals surface area contributed by atoms with Crippen LogP contribution in [0.1, 0.15) is 194 Å². The van der Waals surface area contributed by atoms with Crippen LogP contribution in [0.25, 0.3) is 0 Å². The molecule has 0 aromatic rings. The fraction of sp³-hybridized carbons (Fsp3) is 0.854. The Kier molecular flexibility index (Phi) is 29.5. The molecule has 1 heterocycles. The van der Waals surface area contributed by atoms with Gasteiger partial charge in [0.05, 0.1) is 0 Å². The maximum atomic E-state index is 12.5. The van der Waals surface area contributed by atoms with Gasteiger partial charge in [-0.2, -0.15) is 0 Å². The fourth-order valence-electron chi connectivity index (χ4n) is 6.29. The highest BCUT2D eigenvalue weighted by Gasteiger charge is 2.36. The van der Waals surface area contributed by atoms with Gasteiger partial charge in [-0.05, 0) is 71.3 Å². The summed E-state index contributed by atoms with van der Waals surface area (Å²) in [5, 5.41) is 0. The average molecular weight is 646 g/mol. The summed E-state index contributed by atoms with van der Waals surface area (Å²) in [6, 6.07) is 0. The van der Waals surface area contributed by atoms with Crippen LogP contribution in [0.4, 0.5) is 0 Å². The molecule has 2 atom stereocenters. The van der Waals surface area contributed by atoms with Crippen molar-refractivity contribution < 1.29 is 19.1 Å². The number of ether oxygens (including phenoxy) is 2. The van der Waals surface area contributed by atoms with Crippen LogP contribution in [0.3, 0.4) is 0 Å². The molecule has 0 N–H and O–H groups in total. The van der Waals surface area contributed by atoms with Crippen LogP contribution in [0.5, 0.6) is 0 Å². The van der Waals surface area contributed by atoms with Crippen LogP contribution >= 0.6 is 0 Å². The number of hydrogen-bond donors (Lipinski definition) is 0. The highest BCUT2D eigenvalue weighted by molar-refractivity contribution is 5.70. The highest BCUT2D eigenvalue weighted by atomic mass is 16.6. The van der Waals surface area contributed by atoms with E-state index in [1.165, 1.54) is 141 Å². The van der Waals surface area contributed by atoms with Crippen LogP contribution in [-0.4, -0.2) is 49.2 Å². The Balaban J connectivity index is 2.01. The minimum Gasteiger partial charge on any atom is -0.457 e. The zero-order valence-corrected chi connectivity index (χ0v) is 30.8. The molecule has 0 aromatic heterocycles. The monoisotopic (exact) mass is 646 g/mol. The number of nitrogens with zero attached hydrogens (tertiary/aromatic N) is 1. The molecule has 0 bridgehead atoms. The molecule has 0 aliphatic carbocycles. The first-order valence-electron chi connectivity index (χ1n) is 19.9. The number of likely N-dealkylation sites (N-methyl/N-ethyl adjacent to an activating group) is 1. The van der Waals surface area contributed by atoms with Crippen molar-refractivity contribution >= 4 is 11.9 Å². The minimum atomic E-state index is -0.348. The highest BCUT2D eigenvalue weighted by Crippen LogP contribution is 2.19. The van der Waals surface area contributed by atoms with Gasteiger partial charge in [-0.3, -0.25) is 14.5 Å². The van der Waals surface area contributed by atoms with Gasteiger partial charge in [-0.1, -0.05) is 141 Å². The number of unbranched alkanes of at least 4 members (excludes halogenated alkanes) is 22. The van der Waals surface area contributed by atoms with Gasteiger partial charge >= 0.3 is 11.9 Å². The van der Waals surface area contributed by atoms with Crippen LogP contribution in [0, 0.1) is 0 Å². The summed E-state index contributed by atoms with van der Waals surface area (Å²) in [6.07, 6.45) is 41.9. The molecule has 1 rings (SSSR count). The molecule has 0 radical (unpaired) electrons. The first-order valence-corrected chi connectivity index (χ1v) is 19.9. The molecule has 0 aromatic carbocycles. The standard InChI is InChI=1S/C41H75NO4/c1-4-6-8-10-12-14-16-18-20-22-24-26-28-30-32-34-40(43)45-38-36-42(3)37-39(38)46-41(44)35-33-31-29-27-25-23-21-19-17-15-13-11-9-7-5-2/h18-21,38-39H,4-17,22-37H2,1-3H3/b20-18-,21-19-/t38-,39?/m1/s1. The van der Waals surface area contributed by atoms with Crippen LogP contribution in [-0.2, 0) is 19.1 Å². The zero-order chi connectivity index (χ0) is 33.3. The summed E-state index contributed by atoms with van der Waals surface area (Å²) >= 11 is 0. The maximum absolute atomic E-state index is 12.5. The summed E-state index contributed by atoms with van der Waals surface area (Å²) in [6.45, 7) is 5.79. The summed E-state index contributed by atoms with van der Waals surface area (Å²) in [5.74, 6) is -0.313. The summed E-state index contributed by atoms with van der Waals surface area (Å²) < 4.78 is 11.5. The van der Waals surface area contributed by atoms with E-state index >= 15 is 0 Å². The van der Waals surface area contributed by atoms with Gasteiger partial charge in [0.25, 0.3) is 0 Å². The number of carbonyl (C=O) groups excluding carboxylic acids is 2. The van der Waals surface area contributed by atoms with E-state index in [-0.39, 0.29) is 24.1 Å². The van der Waals surface area contributed by atoms with E-state index in [0.29, 0.717) is 25.9 Å². The van der Waals surface area contributed by atoms with E-state index in [0.717, 1.165) is 25.7 Å². The molecule has 1 aliphatic heterocycles. The van der Waals surface area contributed by atoms with Gasteiger partial charge in [0.2, 0.25) is 0 Å². The second-order valence-electron chi connectivity index (χ2n) is 13.9. The van der Waals surface area contributed by atoms with Gasteiger partial charge in [-0.15, -0.1) is 0 Å². The van der Waals surface area contributed by atoms with E-state index in [1.54, 1.807) is 0 Å². The Morgan fingerprint density at radius 3 is 1.09 bits per heavy atom. The molecule has 1 aliphatic rings. The van der Waals surface area contributed by atoms with Crippen molar-refractivity contribution in [3.8, 4) is 0 Å². The molecule has 0 spiro atoms. The summed E-state index contributed by atoms with van der Waals surface area (Å²) in [4.78, 5) is 27.1. The predicted molar refractivity (Wildman–Crippen MR) is 196 cm³/mol. The molecule has 1 saturated heterocycles. The quantitative estimate of drug-likeness (QED) is 0.0414. The van der Waals surface area contributed by atoms with E-state index in [1.807, 2.05) is 7.05 Å². The molecule has 5 heteroatoms. The zero-order valence-electron chi connectivity index (χ0n) is 30.8. The van der Waals surface area contributed by atoms with E-state index in [2.05, 4.69) is 43.1 Å².